The minimum Gasteiger partial charge on any atom is -0.313 e. The van der Waals surface area contributed by atoms with E-state index in [4.69, 9.17) is 0 Å². The lowest BCUT2D eigenvalue weighted by Gasteiger charge is -2.53. The van der Waals surface area contributed by atoms with E-state index in [0.717, 1.165) is 17.9 Å². The molecule has 0 radical (unpaired) electrons. The van der Waals surface area contributed by atoms with Crippen LogP contribution in [0.5, 0.6) is 0 Å². The summed E-state index contributed by atoms with van der Waals surface area (Å²) in [5, 5.41) is 3.83. The lowest BCUT2D eigenvalue weighted by Crippen LogP contribution is -2.60. The van der Waals surface area contributed by atoms with Crippen LogP contribution >= 0.6 is 0 Å². The number of rotatable bonds is 6. The molecule has 0 aromatic carbocycles. The quantitative estimate of drug-likeness (QED) is 0.697. The van der Waals surface area contributed by atoms with E-state index < -0.39 is 0 Å². The van der Waals surface area contributed by atoms with Crippen LogP contribution in [-0.4, -0.2) is 61.2 Å². The van der Waals surface area contributed by atoms with E-state index in [1.807, 2.05) is 0 Å². The summed E-state index contributed by atoms with van der Waals surface area (Å²) in [4.78, 5) is 5.49. The van der Waals surface area contributed by atoms with Crippen molar-refractivity contribution < 1.29 is 0 Å². The third-order valence-electron chi connectivity index (χ3n) is 8.46. The molecule has 0 aromatic heterocycles. The van der Waals surface area contributed by atoms with Crippen molar-refractivity contribution in [2.45, 2.75) is 93.2 Å². The van der Waals surface area contributed by atoms with E-state index in [9.17, 15) is 0 Å². The second kappa shape index (κ2) is 8.19. The van der Waals surface area contributed by atoms with Gasteiger partial charge < -0.3 is 10.2 Å². The first-order valence-electron chi connectivity index (χ1n) is 12.1. The van der Waals surface area contributed by atoms with Crippen molar-refractivity contribution in [3.63, 3.8) is 0 Å². The number of likely N-dealkylation sites (tertiary alicyclic amines) is 2. The highest BCUT2D eigenvalue weighted by Crippen LogP contribution is 2.40. The van der Waals surface area contributed by atoms with Crippen molar-refractivity contribution >= 4 is 0 Å². The summed E-state index contributed by atoms with van der Waals surface area (Å²) in [6.07, 6.45) is 5.44. The Balaban J connectivity index is 1.44. The van der Waals surface area contributed by atoms with Crippen molar-refractivity contribution in [2.24, 2.45) is 28.1 Å². The van der Waals surface area contributed by atoms with Crippen LogP contribution in [0.25, 0.3) is 0 Å². The predicted molar refractivity (Wildman–Crippen MR) is 122 cm³/mol. The van der Waals surface area contributed by atoms with Crippen LogP contribution in [0.15, 0.2) is 0 Å². The first-order chi connectivity index (χ1) is 12.9. The maximum absolute atomic E-state index is 3.83. The smallest absolute Gasteiger partial charge is 0.0197 e. The maximum atomic E-state index is 3.83. The molecule has 3 unspecified atom stereocenters. The SMILES string of the molecule is CC(C)(C)C1CCNC(CN2CCC2C(C)(C)CCN2CC(C(C)(C)C)C2)C1. The molecular weight excluding hydrogens is 342 g/mol. The first-order valence-corrected chi connectivity index (χ1v) is 12.1. The lowest BCUT2D eigenvalue weighted by atomic mass is 9.72. The molecule has 3 nitrogen and oxygen atoms in total. The van der Waals surface area contributed by atoms with Gasteiger partial charge in [-0.3, -0.25) is 4.90 Å². The summed E-state index contributed by atoms with van der Waals surface area (Å²) >= 11 is 0. The van der Waals surface area contributed by atoms with Crippen LogP contribution in [0.2, 0.25) is 0 Å². The Hall–Kier alpha value is -0.120. The second-order valence-electron chi connectivity index (χ2n) is 13.1. The van der Waals surface area contributed by atoms with Gasteiger partial charge in [0.25, 0.3) is 0 Å². The Labute approximate surface area is 176 Å². The summed E-state index contributed by atoms with van der Waals surface area (Å²) in [5.74, 6) is 1.76. The van der Waals surface area contributed by atoms with Gasteiger partial charge in [-0.15, -0.1) is 0 Å². The minimum atomic E-state index is 0.434. The number of hydrogen-bond donors (Lipinski definition) is 1. The summed E-state index contributed by atoms with van der Waals surface area (Å²) < 4.78 is 0. The van der Waals surface area contributed by atoms with Gasteiger partial charge in [0.2, 0.25) is 0 Å². The van der Waals surface area contributed by atoms with Crippen LogP contribution in [0.4, 0.5) is 0 Å². The molecule has 3 heteroatoms. The van der Waals surface area contributed by atoms with Crippen molar-refractivity contribution in [3.8, 4) is 0 Å². The average Bonchev–Trinajstić information content (AvgIpc) is 2.47. The molecule has 0 aliphatic carbocycles. The molecule has 0 amide bonds. The van der Waals surface area contributed by atoms with Crippen LogP contribution in [0.1, 0.15) is 81.1 Å². The van der Waals surface area contributed by atoms with Crippen LogP contribution < -0.4 is 5.32 Å². The van der Waals surface area contributed by atoms with Gasteiger partial charge in [0.1, 0.15) is 0 Å². The molecule has 3 heterocycles. The minimum absolute atomic E-state index is 0.434. The fourth-order valence-corrected chi connectivity index (χ4v) is 5.67. The van der Waals surface area contributed by atoms with E-state index in [1.54, 1.807) is 0 Å². The van der Waals surface area contributed by atoms with Gasteiger partial charge in [0, 0.05) is 38.3 Å². The summed E-state index contributed by atoms with van der Waals surface area (Å²) in [7, 11) is 0. The molecule has 3 saturated heterocycles. The summed E-state index contributed by atoms with van der Waals surface area (Å²) in [5.41, 5.74) is 1.37. The average molecular weight is 392 g/mol. The van der Waals surface area contributed by atoms with E-state index in [0.29, 0.717) is 22.3 Å². The van der Waals surface area contributed by atoms with E-state index >= 15 is 0 Å². The Morgan fingerprint density at radius 1 is 0.857 bits per heavy atom. The van der Waals surface area contributed by atoms with Crippen molar-refractivity contribution in [1.29, 1.82) is 0 Å². The van der Waals surface area contributed by atoms with Crippen molar-refractivity contribution in [2.75, 3.05) is 39.3 Å². The molecule has 0 bridgehead atoms. The Morgan fingerprint density at radius 2 is 1.50 bits per heavy atom. The van der Waals surface area contributed by atoms with Gasteiger partial charge in [-0.2, -0.15) is 0 Å². The molecule has 0 aromatic rings. The first kappa shape index (κ1) is 22.6. The molecule has 0 spiro atoms. The van der Waals surface area contributed by atoms with E-state index in [1.165, 1.54) is 65.0 Å². The Bertz CT molecular complexity index is 507. The number of nitrogens with one attached hydrogen (secondary N) is 1. The standard InChI is InChI=1S/C25H49N3/c1-23(2,3)19-9-12-26-21(15-19)18-28-13-10-22(28)25(7,8)11-14-27-16-20(17-27)24(4,5)6/h19-22,26H,9-18H2,1-8H3. The molecule has 3 aliphatic heterocycles. The van der Waals surface area contributed by atoms with Crippen LogP contribution in [0, 0.1) is 28.1 Å². The van der Waals surface area contributed by atoms with Crippen molar-refractivity contribution in [3.05, 3.63) is 0 Å². The van der Waals surface area contributed by atoms with Gasteiger partial charge in [-0.1, -0.05) is 55.4 Å². The van der Waals surface area contributed by atoms with Gasteiger partial charge >= 0.3 is 0 Å². The monoisotopic (exact) mass is 391 g/mol. The highest BCUT2D eigenvalue weighted by molar-refractivity contribution is 4.98. The lowest BCUT2D eigenvalue weighted by molar-refractivity contribution is -0.0310. The van der Waals surface area contributed by atoms with E-state index in [-0.39, 0.29) is 0 Å². The largest absolute Gasteiger partial charge is 0.313 e. The summed E-state index contributed by atoms with van der Waals surface area (Å²) in [6, 6.07) is 1.48. The molecule has 164 valence electrons. The molecule has 3 rings (SSSR count). The molecule has 0 saturated carbocycles. The Morgan fingerprint density at radius 3 is 2.04 bits per heavy atom. The molecule has 28 heavy (non-hydrogen) atoms. The highest BCUT2D eigenvalue weighted by Gasteiger charge is 2.43. The molecule has 3 fully saturated rings. The zero-order valence-electron chi connectivity index (χ0n) is 20.3. The second-order valence-corrected chi connectivity index (χ2v) is 13.1. The fourth-order valence-electron chi connectivity index (χ4n) is 5.67. The van der Waals surface area contributed by atoms with Gasteiger partial charge in [0.15, 0.2) is 0 Å². The maximum Gasteiger partial charge on any atom is 0.0197 e. The normalized spacial score (nSPS) is 31.5. The zero-order chi connectivity index (χ0) is 20.7. The molecule has 3 atom stereocenters. The van der Waals surface area contributed by atoms with Crippen LogP contribution in [-0.2, 0) is 0 Å². The predicted octanol–water partition coefficient (Wildman–Crippen LogP) is 4.87. The van der Waals surface area contributed by atoms with Gasteiger partial charge in [-0.05, 0) is 66.9 Å². The molecular formula is C25H49N3. The third-order valence-corrected chi connectivity index (χ3v) is 8.46. The van der Waals surface area contributed by atoms with Crippen LogP contribution in [0.3, 0.4) is 0 Å². The number of hydrogen-bond acceptors (Lipinski definition) is 3. The zero-order valence-corrected chi connectivity index (χ0v) is 20.3. The van der Waals surface area contributed by atoms with Gasteiger partial charge in [0.05, 0.1) is 0 Å². The highest BCUT2D eigenvalue weighted by atomic mass is 15.2. The topological polar surface area (TPSA) is 18.5 Å². The van der Waals surface area contributed by atoms with E-state index in [2.05, 4.69) is 70.5 Å². The fraction of sp³-hybridized carbons (Fsp3) is 1.00. The third kappa shape index (κ3) is 5.32. The summed E-state index contributed by atoms with van der Waals surface area (Å²) in [6.45, 7) is 27.2. The van der Waals surface area contributed by atoms with Gasteiger partial charge in [-0.25, -0.2) is 0 Å². The number of nitrogens with zero attached hydrogens (tertiary/aromatic N) is 2. The molecule has 3 aliphatic rings. The number of piperidine rings is 1. The Kier molecular flexibility index (Phi) is 6.60. The van der Waals surface area contributed by atoms with Crippen molar-refractivity contribution in [1.82, 2.24) is 15.1 Å². The molecule has 1 N–H and O–H groups in total.